The van der Waals surface area contributed by atoms with E-state index in [-0.39, 0.29) is 5.41 Å². The standard InChI is InChI=1S/C28H35NOS/c1-3-26-28(20-21(2)29-26,24-10-5-4-6-11-24)25-16-14-22(15-17-25)9-7-8-18-31-27(30)19-23-12-13-23/h4-6,10-11,14-17,21,23H,3,7-9,12-13,18-20H2,1-2H3. The Morgan fingerprint density at radius 3 is 2.42 bits per heavy atom. The van der Waals surface area contributed by atoms with E-state index in [2.05, 4.69) is 68.4 Å². The third-order valence-corrected chi connectivity index (χ3v) is 7.78. The molecule has 1 aliphatic heterocycles. The van der Waals surface area contributed by atoms with Gasteiger partial charge in [-0.15, -0.1) is 0 Å². The van der Waals surface area contributed by atoms with E-state index < -0.39 is 0 Å². The predicted octanol–water partition coefficient (Wildman–Crippen LogP) is 7.00. The molecule has 1 heterocycles. The van der Waals surface area contributed by atoms with Crippen molar-refractivity contribution in [1.29, 1.82) is 0 Å². The van der Waals surface area contributed by atoms with E-state index in [0.717, 1.165) is 44.3 Å². The van der Waals surface area contributed by atoms with Crippen LogP contribution in [0.25, 0.3) is 0 Å². The van der Waals surface area contributed by atoms with Crippen molar-refractivity contribution in [2.24, 2.45) is 10.9 Å². The van der Waals surface area contributed by atoms with Gasteiger partial charge in [0, 0.05) is 23.9 Å². The van der Waals surface area contributed by atoms with Gasteiger partial charge in [-0.3, -0.25) is 9.79 Å². The molecule has 0 N–H and O–H groups in total. The first kappa shape index (κ1) is 22.3. The monoisotopic (exact) mass is 433 g/mol. The first-order chi connectivity index (χ1) is 15.1. The molecule has 0 radical (unpaired) electrons. The van der Waals surface area contributed by atoms with Crippen LogP contribution in [0.2, 0.25) is 0 Å². The normalized spacial score (nSPS) is 23.0. The Labute approximate surface area is 191 Å². The Bertz CT molecular complexity index is 900. The average Bonchev–Trinajstić information content (AvgIpc) is 3.53. The van der Waals surface area contributed by atoms with Crippen LogP contribution in [0.4, 0.5) is 0 Å². The van der Waals surface area contributed by atoms with Crippen molar-refractivity contribution in [1.82, 2.24) is 0 Å². The number of unbranched alkanes of at least 4 members (excludes halogenated alkanes) is 1. The van der Waals surface area contributed by atoms with Gasteiger partial charge in [-0.05, 0) is 74.5 Å². The SMILES string of the molecule is CCC1=NC(C)CC1(c1ccccc1)c1ccc(CCCCSC(=O)CC2CC2)cc1. The zero-order chi connectivity index (χ0) is 21.7. The van der Waals surface area contributed by atoms with E-state index in [1.54, 1.807) is 11.8 Å². The van der Waals surface area contributed by atoms with E-state index in [0.29, 0.717) is 17.1 Å². The third kappa shape index (κ3) is 5.31. The highest BCUT2D eigenvalue weighted by Gasteiger charge is 2.43. The Balaban J connectivity index is 1.38. The number of hydrogen-bond acceptors (Lipinski definition) is 3. The molecule has 2 unspecified atom stereocenters. The zero-order valence-electron chi connectivity index (χ0n) is 19.0. The van der Waals surface area contributed by atoms with Gasteiger partial charge in [0.25, 0.3) is 0 Å². The summed E-state index contributed by atoms with van der Waals surface area (Å²) in [7, 11) is 0. The lowest BCUT2D eigenvalue weighted by Gasteiger charge is -2.33. The van der Waals surface area contributed by atoms with Crippen LogP contribution in [0.15, 0.2) is 59.6 Å². The fraction of sp³-hybridized carbons (Fsp3) is 0.500. The van der Waals surface area contributed by atoms with Crippen LogP contribution < -0.4 is 0 Å². The van der Waals surface area contributed by atoms with E-state index in [1.807, 2.05) is 0 Å². The first-order valence-corrected chi connectivity index (χ1v) is 13.0. The molecular formula is C28H35NOS. The number of carbonyl (C=O) groups is 1. The second kappa shape index (κ2) is 10.2. The van der Waals surface area contributed by atoms with E-state index >= 15 is 0 Å². The van der Waals surface area contributed by atoms with Gasteiger partial charge < -0.3 is 0 Å². The van der Waals surface area contributed by atoms with Gasteiger partial charge in [0.05, 0.1) is 5.41 Å². The maximum atomic E-state index is 11.9. The molecule has 1 fully saturated rings. The number of benzene rings is 2. The van der Waals surface area contributed by atoms with Gasteiger partial charge in [0.15, 0.2) is 5.12 Å². The van der Waals surface area contributed by atoms with E-state index in [1.165, 1.54) is 35.2 Å². The van der Waals surface area contributed by atoms with Gasteiger partial charge in [0.1, 0.15) is 0 Å². The summed E-state index contributed by atoms with van der Waals surface area (Å²) in [6.45, 7) is 4.47. The van der Waals surface area contributed by atoms with Crippen LogP contribution >= 0.6 is 11.8 Å². The summed E-state index contributed by atoms with van der Waals surface area (Å²) in [6.07, 6.45) is 8.70. The molecule has 2 aromatic rings. The highest BCUT2D eigenvalue weighted by Crippen LogP contribution is 2.44. The summed E-state index contributed by atoms with van der Waals surface area (Å²) in [5.41, 5.74) is 5.34. The molecule has 0 saturated heterocycles. The molecule has 0 spiro atoms. The molecule has 164 valence electrons. The Hall–Kier alpha value is -1.87. The van der Waals surface area contributed by atoms with Crippen molar-refractivity contribution in [2.75, 3.05) is 5.75 Å². The molecule has 4 rings (SSSR count). The topological polar surface area (TPSA) is 29.4 Å². The lowest BCUT2D eigenvalue weighted by Crippen LogP contribution is -2.34. The molecule has 2 nitrogen and oxygen atoms in total. The number of thioether (sulfide) groups is 1. The molecule has 2 aliphatic rings. The second-order valence-electron chi connectivity index (χ2n) is 9.28. The summed E-state index contributed by atoms with van der Waals surface area (Å²) in [5, 5.41) is 0.400. The minimum atomic E-state index is -0.0908. The quantitative estimate of drug-likeness (QED) is 0.378. The van der Waals surface area contributed by atoms with Crippen molar-refractivity contribution in [2.45, 2.75) is 76.7 Å². The summed E-state index contributed by atoms with van der Waals surface area (Å²) in [6, 6.07) is 20.6. The summed E-state index contributed by atoms with van der Waals surface area (Å²) >= 11 is 1.55. The average molecular weight is 434 g/mol. The molecule has 0 bridgehead atoms. The smallest absolute Gasteiger partial charge is 0.189 e. The minimum absolute atomic E-state index is 0.0908. The lowest BCUT2D eigenvalue weighted by atomic mass is 9.68. The molecular weight excluding hydrogens is 398 g/mol. The van der Waals surface area contributed by atoms with Gasteiger partial charge in [-0.25, -0.2) is 0 Å². The van der Waals surface area contributed by atoms with E-state index in [4.69, 9.17) is 4.99 Å². The molecule has 0 amide bonds. The third-order valence-electron chi connectivity index (χ3n) is 6.79. The number of carbonyl (C=O) groups excluding carboxylic acids is 1. The predicted molar refractivity (Wildman–Crippen MR) is 133 cm³/mol. The van der Waals surface area contributed by atoms with Crippen LogP contribution in [0.3, 0.4) is 0 Å². The van der Waals surface area contributed by atoms with Gasteiger partial charge in [0.2, 0.25) is 0 Å². The summed E-state index contributed by atoms with van der Waals surface area (Å²) < 4.78 is 0. The van der Waals surface area contributed by atoms with Crippen molar-refractivity contribution in [3.8, 4) is 0 Å². The Morgan fingerprint density at radius 1 is 1.03 bits per heavy atom. The van der Waals surface area contributed by atoms with Crippen LogP contribution in [-0.4, -0.2) is 22.6 Å². The van der Waals surface area contributed by atoms with Crippen LogP contribution in [0.1, 0.15) is 75.5 Å². The second-order valence-corrected chi connectivity index (χ2v) is 10.4. The zero-order valence-corrected chi connectivity index (χ0v) is 19.8. The summed E-state index contributed by atoms with van der Waals surface area (Å²) in [4.78, 5) is 16.9. The minimum Gasteiger partial charge on any atom is -0.290 e. The molecule has 1 aliphatic carbocycles. The van der Waals surface area contributed by atoms with Gasteiger partial charge in [-0.1, -0.05) is 73.3 Å². The van der Waals surface area contributed by atoms with E-state index in [9.17, 15) is 4.79 Å². The van der Waals surface area contributed by atoms with Crippen molar-refractivity contribution in [3.63, 3.8) is 0 Å². The first-order valence-electron chi connectivity index (χ1n) is 12.0. The molecule has 2 atom stereocenters. The van der Waals surface area contributed by atoms with Crippen molar-refractivity contribution in [3.05, 3.63) is 71.3 Å². The van der Waals surface area contributed by atoms with Crippen LogP contribution in [-0.2, 0) is 16.6 Å². The molecule has 3 heteroatoms. The van der Waals surface area contributed by atoms with Crippen LogP contribution in [0.5, 0.6) is 0 Å². The fourth-order valence-corrected chi connectivity index (χ4v) is 5.95. The highest BCUT2D eigenvalue weighted by atomic mass is 32.2. The largest absolute Gasteiger partial charge is 0.290 e. The molecule has 2 aromatic carbocycles. The molecule has 31 heavy (non-hydrogen) atoms. The number of hydrogen-bond donors (Lipinski definition) is 0. The highest BCUT2D eigenvalue weighted by molar-refractivity contribution is 8.13. The number of nitrogens with zero attached hydrogens (tertiary/aromatic N) is 1. The van der Waals surface area contributed by atoms with Crippen molar-refractivity contribution < 1.29 is 4.79 Å². The number of rotatable bonds is 10. The van der Waals surface area contributed by atoms with Crippen molar-refractivity contribution >= 4 is 22.6 Å². The molecule has 1 saturated carbocycles. The van der Waals surface area contributed by atoms with Crippen LogP contribution in [0, 0.1) is 5.92 Å². The van der Waals surface area contributed by atoms with Gasteiger partial charge >= 0.3 is 0 Å². The number of aliphatic imine (C=N–C) groups is 1. The maximum Gasteiger partial charge on any atom is 0.189 e. The lowest BCUT2D eigenvalue weighted by molar-refractivity contribution is -0.111. The number of aryl methyl sites for hydroxylation is 1. The van der Waals surface area contributed by atoms with Gasteiger partial charge in [-0.2, -0.15) is 0 Å². The maximum absolute atomic E-state index is 11.9. The summed E-state index contributed by atoms with van der Waals surface area (Å²) in [5.74, 6) is 1.67. The Morgan fingerprint density at radius 2 is 1.74 bits per heavy atom. The fourth-order valence-electron chi connectivity index (χ4n) is 5.02. The Kier molecular flexibility index (Phi) is 7.32. The molecule has 0 aromatic heterocycles.